The summed E-state index contributed by atoms with van der Waals surface area (Å²) in [5, 5.41) is 13.8. The van der Waals surface area contributed by atoms with Gasteiger partial charge in [-0.05, 0) is 55.9 Å². The minimum Gasteiger partial charge on any atom is -0.550 e. The second-order valence-electron chi connectivity index (χ2n) is 5.94. The van der Waals surface area contributed by atoms with Gasteiger partial charge in [-0.25, -0.2) is 0 Å². The third-order valence-corrected chi connectivity index (χ3v) is 4.17. The summed E-state index contributed by atoms with van der Waals surface area (Å²) >= 11 is 0. The summed E-state index contributed by atoms with van der Waals surface area (Å²) in [6.45, 7) is 2.51. The SMILES string of the molecule is CCOc1ccc(NC(=O)CC2(CC(=O)[O-])CCCC2)cc1. The monoisotopic (exact) mass is 304 g/mol. The van der Waals surface area contributed by atoms with Crippen LogP contribution in [0.5, 0.6) is 5.75 Å². The van der Waals surface area contributed by atoms with E-state index in [1.807, 2.05) is 6.92 Å². The van der Waals surface area contributed by atoms with Gasteiger partial charge < -0.3 is 20.0 Å². The number of carboxylic acids is 1. The molecule has 1 aromatic rings. The summed E-state index contributed by atoms with van der Waals surface area (Å²) < 4.78 is 5.35. The maximum atomic E-state index is 12.2. The highest BCUT2D eigenvalue weighted by atomic mass is 16.5. The Morgan fingerprint density at radius 1 is 1.18 bits per heavy atom. The van der Waals surface area contributed by atoms with E-state index in [4.69, 9.17) is 4.74 Å². The quantitative estimate of drug-likeness (QED) is 0.837. The fraction of sp³-hybridized carbons (Fsp3) is 0.529. The molecule has 5 nitrogen and oxygen atoms in total. The van der Waals surface area contributed by atoms with Crippen molar-refractivity contribution in [3.63, 3.8) is 0 Å². The van der Waals surface area contributed by atoms with Gasteiger partial charge in [-0.1, -0.05) is 12.8 Å². The highest BCUT2D eigenvalue weighted by Crippen LogP contribution is 2.44. The maximum absolute atomic E-state index is 12.2. The Balaban J connectivity index is 1.94. The number of nitrogens with one attached hydrogen (secondary N) is 1. The second-order valence-corrected chi connectivity index (χ2v) is 5.94. The van der Waals surface area contributed by atoms with Gasteiger partial charge in [-0.2, -0.15) is 0 Å². The van der Waals surface area contributed by atoms with Crippen LogP contribution in [0.4, 0.5) is 5.69 Å². The lowest BCUT2D eigenvalue weighted by atomic mass is 9.79. The molecule has 22 heavy (non-hydrogen) atoms. The summed E-state index contributed by atoms with van der Waals surface area (Å²) in [7, 11) is 0. The molecule has 1 aliphatic rings. The Kier molecular flexibility index (Phi) is 5.41. The highest BCUT2D eigenvalue weighted by Gasteiger charge is 2.36. The van der Waals surface area contributed by atoms with Gasteiger partial charge >= 0.3 is 0 Å². The standard InChI is InChI=1S/C17H23NO4/c1-2-22-14-7-5-13(6-8-14)18-15(19)11-17(12-16(20)21)9-3-4-10-17/h5-8H,2-4,9-12H2,1H3,(H,18,19)(H,20,21)/p-1. The first-order valence-corrected chi connectivity index (χ1v) is 7.75. The Labute approximate surface area is 130 Å². The Hall–Kier alpha value is -2.04. The van der Waals surface area contributed by atoms with Crippen molar-refractivity contribution in [2.24, 2.45) is 5.41 Å². The Morgan fingerprint density at radius 3 is 2.36 bits per heavy atom. The first-order chi connectivity index (χ1) is 10.5. The van der Waals surface area contributed by atoms with Gasteiger partial charge in [0.05, 0.1) is 6.61 Å². The summed E-state index contributed by atoms with van der Waals surface area (Å²) in [6, 6.07) is 7.16. The number of aliphatic carboxylic acids is 1. The van der Waals surface area contributed by atoms with Gasteiger partial charge in [-0.3, -0.25) is 4.79 Å². The number of carboxylic acid groups (broad SMARTS) is 1. The van der Waals surface area contributed by atoms with Gasteiger partial charge in [0.1, 0.15) is 5.75 Å². The second kappa shape index (κ2) is 7.29. The minimum absolute atomic E-state index is 0.0380. The molecule has 2 rings (SSSR count). The molecule has 1 fully saturated rings. The van der Waals surface area contributed by atoms with E-state index in [1.165, 1.54) is 0 Å². The molecule has 1 aromatic carbocycles. The number of hydrogen-bond acceptors (Lipinski definition) is 4. The first kappa shape index (κ1) is 16.3. The molecular formula is C17H22NO4-. The zero-order valence-corrected chi connectivity index (χ0v) is 12.9. The molecular weight excluding hydrogens is 282 g/mol. The average Bonchev–Trinajstić information content (AvgIpc) is 2.88. The topological polar surface area (TPSA) is 78.5 Å². The third-order valence-electron chi connectivity index (χ3n) is 4.17. The number of hydrogen-bond donors (Lipinski definition) is 1. The van der Waals surface area contributed by atoms with E-state index in [2.05, 4.69) is 5.32 Å². The molecule has 0 spiro atoms. The maximum Gasteiger partial charge on any atom is 0.224 e. The largest absolute Gasteiger partial charge is 0.550 e. The molecule has 5 heteroatoms. The molecule has 1 N–H and O–H groups in total. The van der Waals surface area contributed by atoms with E-state index in [1.54, 1.807) is 24.3 Å². The predicted octanol–water partition coefficient (Wildman–Crippen LogP) is 2.11. The molecule has 0 saturated heterocycles. The molecule has 0 radical (unpaired) electrons. The lowest BCUT2D eigenvalue weighted by molar-refractivity contribution is -0.308. The fourth-order valence-electron chi connectivity index (χ4n) is 3.19. The number of ether oxygens (including phenoxy) is 1. The average molecular weight is 304 g/mol. The Morgan fingerprint density at radius 2 is 1.82 bits per heavy atom. The van der Waals surface area contributed by atoms with Crippen molar-refractivity contribution in [3.05, 3.63) is 24.3 Å². The van der Waals surface area contributed by atoms with Crippen LogP contribution in [0, 0.1) is 5.41 Å². The zero-order chi connectivity index (χ0) is 16.0. The summed E-state index contributed by atoms with van der Waals surface area (Å²) in [5.74, 6) is -0.465. The third kappa shape index (κ3) is 4.48. The summed E-state index contributed by atoms with van der Waals surface area (Å²) in [6.07, 6.45) is 3.69. The van der Waals surface area contributed by atoms with Crippen molar-refractivity contribution in [3.8, 4) is 5.75 Å². The molecule has 0 atom stereocenters. The van der Waals surface area contributed by atoms with Gasteiger partial charge in [0.25, 0.3) is 0 Å². The van der Waals surface area contributed by atoms with Crippen molar-refractivity contribution in [1.82, 2.24) is 0 Å². The van der Waals surface area contributed by atoms with Crippen molar-refractivity contribution >= 4 is 17.6 Å². The Bertz CT molecular complexity index is 518. The molecule has 120 valence electrons. The zero-order valence-electron chi connectivity index (χ0n) is 12.9. The van der Waals surface area contributed by atoms with Crippen LogP contribution in [-0.4, -0.2) is 18.5 Å². The number of benzene rings is 1. The minimum atomic E-state index is -1.07. The number of anilines is 1. The van der Waals surface area contributed by atoms with E-state index in [9.17, 15) is 14.7 Å². The van der Waals surface area contributed by atoms with Gasteiger partial charge in [0, 0.05) is 18.1 Å². The van der Waals surface area contributed by atoms with Gasteiger partial charge in [0.2, 0.25) is 5.91 Å². The highest BCUT2D eigenvalue weighted by molar-refractivity contribution is 5.91. The molecule has 0 unspecified atom stereocenters. The van der Waals surface area contributed by atoms with Crippen LogP contribution in [0.3, 0.4) is 0 Å². The molecule has 1 aliphatic carbocycles. The van der Waals surface area contributed by atoms with E-state index in [0.29, 0.717) is 12.3 Å². The van der Waals surface area contributed by atoms with Crippen LogP contribution in [0.2, 0.25) is 0 Å². The van der Waals surface area contributed by atoms with E-state index in [-0.39, 0.29) is 18.7 Å². The van der Waals surface area contributed by atoms with Gasteiger partial charge in [0.15, 0.2) is 0 Å². The molecule has 0 aromatic heterocycles. The molecule has 0 aliphatic heterocycles. The molecule has 0 bridgehead atoms. The van der Waals surface area contributed by atoms with Crippen LogP contribution in [0.25, 0.3) is 0 Å². The van der Waals surface area contributed by atoms with E-state index in [0.717, 1.165) is 31.4 Å². The van der Waals surface area contributed by atoms with Crippen LogP contribution in [-0.2, 0) is 9.59 Å². The lowest BCUT2D eigenvalue weighted by Crippen LogP contribution is -2.33. The van der Waals surface area contributed by atoms with Crippen LogP contribution in [0.1, 0.15) is 45.4 Å². The van der Waals surface area contributed by atoms with Crippen molar-refractivity contribution in [1.29, 1.82) is 0 Å². The number of rotatable bonds is 7. The fourth-order valence-corrected chi connectivity index (χ4v) is 3.19. The lowest BCUT2D eigenvalue weighted by Gasteiger charge is -2.28. The van der Waals surface area contributed by atoms with Crippen molar-refractivity contribution < 1.29 is 19.4 Å². The normalized spacial score (nSPS) is 16.2. The molecule has 0 heterocycles. The summed E-state index contributed by atoms with van der Waals surface area (Å²) in [4.78, 5) is 23.2. The van der Waals surface area contributed by atoms with Crippen LogP contribution in [0.15, 0.2) is 24.3 Å². The van der Waals surface area contributed by atoms with E-state index >= 15 is 0 Å². The van der Waals surface area contributed by atoms with Crippen LogP contribution < -0.4 is 15.2 Å². The molecule has 1 amide bonds. The first-order valence-electron chi connectivity index (χ1n) is 7.75. The molecule has 1 saturated carbocycles. The number of carbonyl (C=O) groups is 2. The van der Waals surface area contributed by atoms with Crippen molar-refractivity contribution in [2.45, 2.75) is 45.4 Å². The predicted molar refractivity (Wildman–Crippen MR) is 81.4 cm³/mol. The summed E-state index contributed by atoms with van der Waals surface area (Å²) in [5.41, 5.74) is 0.254. The van der Waals surface area contributed by atoms with Gasteiger partial charge in [-0.15, -0.1) is 0 Å². The smallest absolute Gasteiger partial charge is 0.224 e. The number of amides is 1. The number of carbonyl (C=O) groups excluding carboxylic acids is 2. The van der Waals surface area contributed by atoms with Crippen LogP contribution >= 0.6 is 0 Å². The van der Waals surface area contributed by atoms with Crippen molar-refractivity contribution in [2.75, 3.05) is 11.9 Å². The van der Waals surface area contributed by atoms with E-state index < -0.39 is 11.4 Å².